The van der Waals surface area contributed by atoms with Gasteiger partial charge in [-0.2, -0.15) is 0 Å². The van der Waals surface area contributed by atoms with Crippen molar-refractivity contribution in [1.29, 1.82) is 0 Å². The zero-order chi connectivity index (χ0) is 52.2. The molecular formula is C66H102O6. The first-order chi connectivity index (χ1) is 35.5. The van der Waals surface area contributed by atoms with Crippen LogP contribution in [0, 0.1) is 0 Å². The number of carbonyl (C=O) groups is 3. The molecule has 1 atom stereocenters. The van der Waals surface area contributed by atoms with E-state index >= 15 is 0 Å². The molecule has 72 heavy (non-hydrogen) atoms. The maximum Gasteiger partial charge on any atom is 0.306 e. The van der Waals surface area contributed by atoms with Crippen LogP contribution in [-0.2, 0) is 28.6 Å². The van der Waals surface area contributed by atoms with Crippen molar-refractivity contribution in [3.8, 4) is 0 Å². The van der Waals surface area contributed by atoms with Crippen LogP contribution in [0.25, 0.3) is 0 Å². The molecule has 0 saturated carbocycles. The molecular weight excluding hydrogens is 889 g/mol. The molecule has 0 amide bonds. The largest absolute Gasteiger partial charge is 0.462 e. The Balaban J connectivity index is 4.45. The van der Waals surface area contributed by atoms with Gasteiger partial charge in [0.2, 0.25) is 0 Å². The van der Waals surface area contributed by atoms with E-state index in [4.69, 9.17) is 14.2 Å². The van der Waals surface area contributed by atoms with Gasteiger partial charge in [-0.05, 0) is 122 Å². The molecule has 0 bridgehead atoms. The fraction of sp³-hybridized carbons (Fsp3) is 0.561. The summed E-state index contributed by atoms with van der Waals surface area (Å²) in [4.78, 5) is 38.0. The number of unbranched alkanes of at least 4 members (excludes halogenated alkanes) is 12. The van der Waals surface area contributed by atoms with Crippen LogP contribution in [-0.4, -0.2) is 37.2 Å². The molecule has 0 fully saturated rings. The van der Waals surface area contributed by atoms with E-state index in [1.807, 2.05) is 0 Å². The average Bonchev–Trinajstić information content (AvgIpc) is 3.38. The minimum atomic E-state index is -0.828. The Morgan fingerprint density at radius 2 is 0.556 bits per heavy atom. The third-order valence-electron chi connectivity index (χ3n) is 11.3. The summed E-state index contributed by atoms with van der Waals surface area (Å²) in [6, 6.07) is 0. The monoisotopic (exact) mass is 991 g/mol. The Hall–Kier alpha value is -4.97. The number of carbonyl (C=O) groups excluding carboxylic acids is 3. The second-order valence-corrected chi connectivity index (χ2v) is 18.1. The van der Waals surface area contributed by atoms with Gasteiger partial charge in [-0.25, -0.2) is 0 Å². The minimum absolute atomic E-state index is 0.118. The summed E-state index contributed by atoms with van der Waals surface area (Å²) in [6.07, 6.45) is 85.4. The van der Waals surface area contributed by atoms with Gasteiger partial charge >= 0.3 is 17.9 Å². The summed E-state index contributed by atoms with van der Waals surface area (Å²) in [5.74, 6) is -1.03. The smallest absolute Gasteiger partial charge is 0.306 e. The molecule has 402 valence electrons. The van der Waals surface area contributed by atoms with Gasteiger partial charge in [0.25, 0.3) is 0 Å². The van der Waals surface area contributed by atoms with Crippen LogP contribution in [0.2, 0.25) is 0 Å². The molecule has 0 aromatic rings. The van der Waals surface area contributed by atoms with Crippen LogP contribution >= 0.6 is 0 Å². The maximum atomic E-state index is 12.8. The lowest BCUT2D eigenvalue weighted by molar-refractivity contribution is -0.167. The van der Waals surface area contributed by atoms with Gasteiger partial charge < -0.3 is 14.2 Å². The van der Waals surface area contributed by atoms with Crippen LogP contribution in [0.5, 0.6) is 0 Å². The Morgan fingerprint density at radius 3 is 0.903 bits per heavy atom. The van der Waals surface area contributed by atoms with Crippen molar-refractivity contribution in [3.63, 3.8) is 0 Å². The van der Waals surface area contributed by atoms with Crippen molar-refractivity contribution in [3.05, 3.63) is 158 Å². The van der Waals surface area contributed by atoms with Crippen molar-refractivity contribution in [2.45, 2.75) is 226 Å². The first kappa shape index (κ1) is 67.0. The summed E-state index contributed by atoms with van der Waals surface area (Å²) in [6.45, 7) is 6.29. The van der Waals surface area contributed by atoms with E-state index in [9.17, 15) is 14.4 Å². The first-order valence-electron chi connectivity index (χ1n) is 28.5. The van der Waals surface area contributed by atoms with Crippen molar-refractivity contribution in [2.24, 2.45) is 0 Å². The van der Waals surface area contributed by atoms with Crippen molar-refractivity contribution >= 4 is 17.9 Å². The number of ether oxygens (including phenoxy) is 3. The highest BCUT2D eigenvalue weighted by Crippen LogP contribution is 2.13. The molecule has 1 unspecified atom stereocenters. The number of hydrogen-bond acceptors (Lipinski definition) is 6. The van der Waals surface area contributed by atoms with Crippen LogP contribution in [0.15, 0.2) is 158 Å². The molecule has 0 spiro atoms. The van der Waals surface area contributed by atoms with E-state index in [2.05, 4.69) is 179 Å². The molecule has 0 rings (SSSR count). The summed E-state index contributed by atoms with van der Waals surface area (Å²) in [5, 5.41) is 0. The predicted molar refractivity (Wildman–Crippen MR) is 311 cm³/mol. The van der Waals surface area contributed by atoms with E-state index < -0.39 is 6.10 Å². The molecule has 0 N–H and O–H groups in total. The maximum absolute atomic E-state index is 12.8. The fourth-order valence-electron chi connectivity index (χ4n) is 7.08. The van der Waals surface area contributed by atoms with E-state index in [1.165, 1.54) is 44.9 Å². The third-order valence-corrected chi connectivity index (χ3v) is 11.3. The van der Waals surface area contributed by atoms with E-state index in [0.29, 0.717) is 19.3 Å². The minimum Gasteiger partial charge on any atom is -0.462 e. The van der Waals surface area contributed by atoms with Crippen LogP contribution < -0.4 is 0 Å². The van der Waals surface area contributed by atoms with Crippen molar-refractivity contribution < 1.29 is 28.6 Å². The average molecular weight is 992 g/mol. The normalized spacial score (nSPS) is 13.3. The van der Waals surface area contributed by atoms with Gasteiger partial charge in [0.05, 0.1) is 0 Å². The van der Waals surface area contributed by atoms with Crippen LogP contribution in [0.4, 0.5) is 0 Å². The number of hydrogen-bond donors (Lipinski definition) is 0. The molecule has 0 aromatic carbocycles. The van der Waals surface area contributed by atoms with Crippen LogP contribution in [0.1, 0.15) is 220 Å². The number of esters is 3. The molecule has 0 heterocycles. The highest BCUT2D eigenvalue weighted by molar-refractivity contribution is 5.71. The topological polar surface area (TPSA) is 78.9 Å². The number of rotatable bonds is 49. The van der Waals surface area contributed by atoms with Gasteiger partial charge in [-0.3, -0.25) is 14.4 Å². The predicted octanol–water partition coefficient (Wildman–Crippen LogP) is 19.4. The Labute approximate surface area is 441 Å². The SMILES string of the molecule is CC/C=C\C/C=C\C/C=C\C/C=C\C/C=C\C/C=C\C/C=C\C/C=C\C/C=C\CCCC(=O)OCC(COC(=O)CCCCCCCCCCCC)OC(=O)CCCC/C=C\C/C=C\C/C=C\C/C=C\CC. The molecule has 6 heteroatoms. The summed E-state index contributed by atoms with van der Waals surface area (Å²) in [5.41, 5.74) is 0. The second-order valence-electron chi connectivity index (χ2n) is 18.1. The van der Waals surface area contributed by atoms with E-state index in [1.54, 1.807) is 0 Å². The fourth-order valence-corrected chi connectivity index (χ4v) is 7.08. The quantitative estimate of drug-likeness (QED) is 0.0262. The lowest BCUT2D eigenvalue weighted by Gasteiger charge is -2.18. The van der Waals surface area contributed by atoms with E-state index in [0.717, 1.165) is 122 Å². The first-order valence-corrected chi connectivity index (χ1v) is 28.5. The molecule has 0 aliphatic carbocycles. The van der Waals surface area contributed by atoms with Gasteiger partial charge in [0.15, 0.2) is 6.10 Å². The van der Waals surface area contributed by atoms with Gasteiger partial charge in [0.1, 0.15) is 13.2 Å². The summed E-state index contributed by atoms with van der Waals surface area (Å²) >= 11 is 0. The highest BCUT2D eigenvalue weighted by Gasteiger charge is 2.19. The molecule has 0 aliphatic heterocycles. The molecule has 0 aromatic heterocycles. The standard InChI is InChI=1S/C66H102O6/c1-4-7-10-13-16-19-22-24-26-27-28-29-30-31-32-33-34-35-36-37-38-39-41-42-44-47-50-53-56-59-65(68)71-62-63(61-70-64(67)58-55-52-49-46-21-18-15-12-9-6-3)72-66(69)60-57-54-51-48-45-43-40-25-23-20-17-14-11-8-5-2/h7-8,10-11,16-17,19-20,24-26,28-29,31-32,34-35,37-38,40-42,45,47-48,50,63H,4-6,9,12-15,18,21-23,27,30,33,36,39,43-44,46,49,51-62H2,1-3H3/b10-7-,11-8-,19-16-,20-17-,26-24-,29-28-,32-31-,35-34-,38-37-,40-25-,42-41-,48-45-,50-47-. The Kier molecular flexibility index (Phi) is 54.6. The second kappa shape index (κ2) is 58.6. The molecule has 0 aliphatic rings. The van der Waals surface area contributed by atoms with Gasteiger partial charge in [-0.15, -0.1) is 0 Å². The zero-order valence-electron chi connectivity index (χ0n) is 45.9. The van der Waals surface area contributed by atoms with E-state index in [-0.39, 0.29) is 44.0 Å². The third kappa shape index (κ3) is 56.0. The van der Waals surface area contributed by atoms with Crippen LogP contribution in [0.3, 0.4) is 0 Å². The lowest BCUT2D eigenvalue weighted by atomic mass is 10.1. The van der Waals surface area contributed by atoms with Crippen molar-refractivity contribution in [1.82, 2.24) is 0 Å². The number of allylic oxidation sites excluding steroid dienone is 26. The Morgan fingerprint density at radius 1 is 0.292 bits per heavy atom. The summed E-state index contributed by atoms with van der Waals surface area (Å²) < 4.78 is 16.7. The van der Waals surface area contributed by atoms with Gasteiger partial charge in [0, 0.05) is 19.3 Å². The lowest BCUT2D eigenvalue weighted by Crippen LogP contribution is -2.30. The Bertz CT molecular complexity index is 1660. The molecule has 6 nitrogen and oxygen atoms in total. The highest BCUT2D eigenvalue weighted by atomic mass is 16.6. The zero-order valence-corrected chi connectivity index (χ0v) is 45.9. The van der Waals surface area contributed by atoms with Crippen molar-refractivity contribution in [2.75, 3.05) is 13.2 Å². The summed E-state index contributed by atoms with van der Waals surface area (Å²) in [7, 11) is 0. The molecule has 0 saturated heterocycles. The molecule has 0 radical (unpaired) electrons. The van der Waals surface area contributed by atoms with Gasteiger partial charge in [-0.1, -0.05) is 237 Å².